The van der Waals surface area contributed by atoms with Crippen LogP contribution in [0.1, 0.15) is 10.4 Å². The number of carboxylic acids is 1. The van der Waals surface area contributed by atoms with Crippen LogP contribution in [0.2, 0.25) is 0 Å². The summed E-state index contributed by atoms with van der Waals surface area (Å²) in [5, 5.41) is 11.0. The van der Waals surface area contributed by atoms with E-state index in [1.807, 2.05) is 29.6 Å². The molecule has 5 heteroatoms. The number of carboxylic acid groups (broad SMARTS) is 1. The molecule has 2 rings (SSSR count). The van der Waals surface area contributed by atoms with E-state index in [0.29, 0.717) is 9.35 Å². The van der Waals surface area contributed by atoms with Gasteiger partial charge in [-0.15, -0.1) is 11.3 Å². The van der Waals surface area contributed by atoms with E-state index in [1.165, 1.54) is 11.3 Å². The maximum Gasteiger partial charge on any atom is 0.338 e. The van der Waals surface area contributed by atoms with Crippen molar-refractivity contribution in [1.82, 2.24) is 0 Å². The molecule has 0 spiro atoms. The number of carbonyl (C=O) groups is 1. The highest BCUT2D eigenvalue weighted by Gasteiger charge is 2.17. The molecule has 0 aliphatic heterocycles. The Kier molecular flexibility index (Phi) is 3.47. The second-order valence-electron chi connectivity index (χ2n) is 3.11. The lowest BCUT2D eigenvalue weighted by molar-refractivity contribution is 0.0697. The zero-order valence-electron chi connectivity index (χ0n) is 7.91. The zero-order chi connectivity index (χ0) is 11.7. The predicted molar refractivity (Wildman–Crippen MR) is 72.1 cm³/mol. The van der Waals surface area contributed by atoms with E-state index in [4.69, 9.17) is 5.11 Å². The van der Waals surface area contributed by atoms with Crippen molar-refractivity contribution in [2.75, 3.05) is 0 Å². The van der Waals surface area contributed by atoms with Gasteiger partial charge in [0.15, 0.2) is 0 Å². The Labute approximate surface area is 113 Å². The average molecular weight is 362 g/mol. The molecule has 1 aromatic carbocycles. The standard InChI is InChI=1S/C11H6Br2O2S/c12-7-3-1-6(2-4-7)8-5-16-10(13)9(8)11(14)15/h1-5H,(H,14,15). The van der Waals surface area contributed by atoms with Gasteiger partial charge in [0.2, 0.25) is 0 Å². The molecular weight excluding hydrogens is 356 g/mol. The lowest BCUT2D eigenvalue weighted by Crippen LogP contribution is -1.97. The minimum Gasteiger partial charge on any atom is -0.478 e. The molecule has 0 radical (unpaired) electrons. The molecule has 0 amide bonds. The first-order valence-corrected chi connectivity index (χ1v) is 6.82. The summed E-state index contributed by atoms with van der Waals surface area (Å²) in [5.74, 6) is -0.911. The van der Waals surface area contributed by atoms with E-state index in [0.717, 1.165) is 15.6 Å². The van der Waals surface area contributed by atoms with E-state index in [2.05, 4.69) is 31.9 Å². The van der Waals surface area contributed by atoms with Gasteiger partial charge in [-0.05, 0) is 33.6 Å². The smallest absolute Gasteiger partial charge is 0.338 e. The number of thiophene rings is 1. The van der Waals surface area contributed by atoms with Crippen molar-refractivity contribution in [3.8, 4) is 11.1 Å². The number of halogens is 2. The molecule has 0 atom stereocenters. The van der Waals surface area contributed by atoms with Crippen LogP contribution in [-0.4, -0.2) is 11.1 Å². The molecule has 0 unspecified atom stereocenters. The molecule has 2 aromatic rings. The van der Waals surface area contributed by atoms with Crippen molar-refractivity contribution >= 4 is 49.2 Å². The summed E-state index contributed by atoms with van der Waals surface area (Å²) in [4.78, 5) is 11.1. The summed E-state index contributed by atoms with van der Waals surface area (Å²) in [5.41, 5.74) is 1.98. The predicted octanol–water partition coefficient (Wildman–Crippen LogP) is 4.64. The first-order valence-electron chi connectivity index (χ1n) is 4.36. The summed E-state index contributed by atoms with van der Waals surface area (Å²) in [6.45, 7) is 0. The van der Waals surface area contributed by atoms with Gasteiger partial charge in [0.25, 0.3) is 0 Å². The molecule has 1 aromatic heterocycles. The minimum absolute atomic E-state index is 0.326. The molecule has 1 heterocycles. The fourth-order valence-electron chi connectivity index (χ4n) is 1.38. The van der Waals surface area contributed by atoms with Gasteiger partial charge in [-0.1, -0.05) is 28.1 Å². The van der Waals surface area contributed by atoms with Crippen LogP contribution in [0.15, 0.2) is 37.9 Å². The summed E-state index contributed by atoms with van der Waals surface area (Å²) < 4.78 is 1.63. The maximum atomic E-state index is 11.1. The Morgan fingerprint density at radius 1 is 1.19 bits per heavy atom. The lowest BCUT2D eigenvalue weighted by Gasteiger charge is -2.01. The SMILES string of the molecule is O=C(O)c1c(-c2ccc(Br)cc2)csc1Br. The van der Waals surface area contributed by atoms with Crippen molar-refractivity contribution < 1.29 is 9.90 Å². The number of hydrogen-bond acceptors (Lipinski definition) is 2. The number of rotatable bonds is 2. The lowest BCUT2D eigenvalue weighted by atomic mass is 10.1. The van der Waals surface area contributed by atoms with Crippen molar-refractivity contribution in [3.05, 3.63) is 43.5 Å². The van der Waals surface area contributed by atoms with Crippen molar-refractivity contribution in [2.24, 2.45) is 0 Å². The highest BCUT2D eigenvalue weighted by atomic mass is 79.9. The van der Waals surface area contributed by atoms with Crippen LogP contribution < -0.4 is 0 Å². The van der Waals surface area contributed by atoms with Crippen LogP contribution in [0.5, 0.6) is 0 Å². The number of aromatic carboxylic acids is 1. The van der Waals surface area contributed by atoms with Crippen molar-refractivity contribution in [1.29, 1.82) is 0 Å². The average Bonchev–Trinajstić information content (AvgIpc) is 2.61. The van der Waals surface area contributed by atoms with Crippen LogP contribution in [0.4, 0.5) is 0 Å². The highest BCUT2D eigenvalue weighted by Crippen LogP contribution is 2.35. The summed E-state index contributed by atoms with van der Waals surface area (Å²) in [6.07, 6.45) is 0. The molecule has 16 heavy (non-hydrogen) atoms. The zero-order valence-corrected chi connectivity index (χ0v) is 11.9. The van der Waals surface area contributed by atoms with Gasteiger partial charge in [0, 0.05) is 15.4 Å². The Balaban J connectivity index is 2.56. The molecule has 1 N–H and O–H groups in total. The third kappa shape index (κ3) is 2.21. The number of benzene rings is 1. The fraction of sp³-hybridized carbons (Fsp3) is 0. The summed E-state index contributed by atoms with van der Waals surface area (Å²) in [6, 6.07) is 7.58. The monoisotopic (exact) mass is 360 g/mol. The van der Waals surface area contributed by atoms with E-state index in [9.17, 15) is 4.79 Å². The second kappa shape index (κ2) is 4.69. The molecular formula is C11H6Br2O2S. The molecule has 0 bridgehead atoms. The van der Waals surface area contributed by atoms with E-state index in [1.54, 1.807) is 0 Å². The molecule has 0 aliphatic rings. The van der Waals surface area contributed by atoms with Gasteiger partial charge >= 0.3 is 5.97 Å². The topological polar surface area (TPSA) is 37.3 Å². The van der Waals surface area contributed by atoms with E-state index >= 15 is 0 Å². The van der Waals surface area contributed by atoms with Crippen LogP contribution in [0.3, 0.4) is 0 Å². The third-order valence-electron chi connectivity index (χ3n) is 2.12. The molecule has 0 aliphatic carbocycles. The van der Waals surface area contributed by atoms with E-state index < -0.39 is 5.97 Å². The number of hydrogen-bond donors (Lipinski definition) is 1. The van der Waals surface area contributed by atoms with Crippen LogP contribution >= 0.6 is 43.2 Å². The molecule has 0 saturated heterocycles. The fourth-order valence-corrected chi connectivity index (χ4v) is 3.09. The summed E-state index contributed by atoms with van der Waals surface area (Å²) >= 11 is 7.99. The van der Waals surface area contributed by atoms with Crippen LogP contribution in [0.25, 0.3) is 11.1 Å². The van der Waals surface area contributed by atoms with Crippen molar-refractivity contribution in [2.45, 2.75) is 0 Å². The Hall–Kier alpha value is -0.650. The van der Waals surface area contributed by atoms with E-state index in [-0.39, 0.29) is 0 Å². The van der Waals surface area contributed by atoms with Crippen LogP contribution in [-0.2, 0) is 0 Å². The van der Waals surface area contributed by atoms with Gasteiger partial charge in [-0.2, -0.15) is 0 Å². The Morgan fingerprint density at radius 2 is 1.81 bits per heavy atom. The minimum atomic E-state index is -0.911. The van der Waals surface area contributed by atoms with Gasteiger partial charge in [0.1, 0.15) is 0 Å². The van der Waals surface area contributed by atoms with Gasteiger partial charge < -0.3 is 5.11 Å². The normalized spacial score (nSPS) is 10.4. The van der Waals surface area contributed by atoms with Gasteiger partial charge in [-0.25, -0.2) is 4.79 Å². The molecule has 2 nitrogen and oxygen atoms in total. The van der Waals surface area contributed by atoms with Gasteiger partial charge in [-0.3, -0.25) is 0 Å². The van der Waals surface area contributed by atoms with Gasteiger partial charge in [0.05, 0.1) is 9.35 Å². The molecule has 82 valence electrons. The summed E-state index contributed by atoms with van der Waals surface area (Å²) in [7, 11) is 0. The largest absolute Gasteiger partial charge is 0.478 e. The highest BCUT2D eigenvalue weighted by molar-refractivity contribution is 9.11. The maximum absolute atomic E-state index is 11.1. The first kappa shape index (κ1) is 11.8. The van der Waals surface area contributed by atoms with Crippen LogP contribution in [0, 0.1) is 0 Å². The quantitative estimate of drug-likeness (QED) is 0.846. The molecule has 0 fully saturated rings. The van der Waals surface area contributed by atoms with Crippen molar-refractivity contribution in [3.63, 3.8) is 0 Å². The molecule has 0 saturated carbocycles. The third-order valence-corrected chi connectivity index (χ3v) is 4.37. The Bertz CT molecular complexity index is 531. The second-order valence-corrected chi connectivity index (χ2v) is 6.22. The Morgan fingerprint density at radius 3 is 2.38 bits per heavy atom. The first-order chi connectivity index (χ1) is 7.59.